The molecule has 0 heterocycles. The summed E-state index contributed by atoms with van der Waals surface area (Å²) >= 11 is 1.27. The number of methoxy groups -OCH3 is 1. The van der Waals surface area contributed by atoms with Gasteiger partial charge in [-0.25, -0.2) is 4.57 Å². The van der Waals surface area contributed by atoms with Gasteiger partial charge in [0.1, 0.15) is 0 Å². The molecule has 5 nitrogen and oxygen atoms in total. The summed E-state index contributed by atoms with van der Waals surface area (Å²) in [4.78, 5) is 21.6. The fraction of sp³-hybridized carbons (Fsp3) is 1.00. The number of hydrogen-bond acceptors (Lipinski definition) is 2. The first-order valence-corrected chi connectivity index (χ1v) is 5.67. The molecule has 0 bridgehead atoms. The van der Waals surface area contributed by atoms with Gasteiger partial charge in [0.25, 0.3) is 0 Å². The molecule has 58 valence electrons. The molecule has 0 saturated heterocycles. The molecular formula is C3H10NaO5P. The average molecular weight is 180 g/mol. The smallest absolute Gasteiger partial charge is 0.303 e. The second-order valence-electron chi connectivity index (χ2n) is 1.51. The van der Waals surface area contributed by atoms with E-state index in [0.717, 1.165) is 6.61 Å². The first-order valence-electron chi connectivity index (χ1n) is 2.69. The largest absolute Gasteiger partial charge is 0.466 e. The summed E-state index contributed by atoms with van der Waals surface area (Å²) in [5.41, 5.74) is 0. The Kier molecular flexibility index (Phi) is 11.1. The zero-order chi connectivity index (χ0) is 8.62. The Hall–Kier alpha value is 1.07. The van der Waals surface area contributed by atoms with Crippen LogP contribution in [0.25, 0.3) is 0 Å². The molecule has 0 unspecified atom stereocenters. The molecule has 7 heteroatoms. The molecule has 0 atom stereocenters. The Balaban J connectivity index is 0. The maximum Gasteiger partial charge on any atom is 0.466 e. The third kappa shape index (κ3) is 62.7. The van der Waals surface area contributed by atoms with Crippen LogP contribution < -0.4 is 0 Å². The van der Waals surface area contributed by atoms with Crippen molar-refractivity contribution in [1.82, 2.24) is 0 Å². The van der Waals surface area contributed by atoms with E-state index in [1.165, 1.54) is 31.6 Å². The number of rotatable bonds is 2. The van der Waals surface area contributed by atoms with Gasteiger partial charge in [0.2, 0.25) is 0 Å². The van der Waals surface area contributed by atoms with Crippen LogP contribution >= 0.6 is 7.82 Å². The third-order valence-electron chi connectivity index (χ3n) is 0.408. The molecule has 0 radical (unpaired) electrons. The number of hydrogen-bond donors (Lipinski definition) is 3. The van der Waals surface area contributed by atoms with E-state index >= 15 is 0 Å². The predicted molar refractivity (Wildman–Crippen MR) is 36.7 cm³/mol. The van der Waals surface area contributed by atoms with E-state index in [2.05, 4.69) is 0 Å². The SMILES string of the molecule is COC[CH2][Na].O=P(O)(O)O. The minimum absolute atomic E-state index is 0.951. The summed E-state index contributed by atoms with van der Waals surface area (Å²) in [7, 11) is -2.90. The zero-order valence-corrected chi connectivity index (χ0v) is 8.91. The van der Waals surface area contributed by atoms with Gasteiger partial charge in [0, 0.05) is 0 Å². The van der Waals surface area contributed by atoms with Gasteiger partial charge in [-0.05, 0) is 0 Å². The molecule has 0 aromatic heterocycles. The molecule has 0 amide bonds. The summed E-state index contributed by atoms with van der Waals surface area (Å²) in [6.45, 7) is 0.951. The van der Waals surface area contributed by atoms with Crippen LogP contribution in [0.1, 0.15) is 0 Å². The second kappa shape index (κ2) is 8.17. The molecule has 0 saturated carbocycles. The monoisotopic (exact) mass is 180 g/mol. The van der Waals surface area contributed by atoms with Crippen LogP contribution in [0.2, 0.25) is 3.67 Å². The zero-order valence-electron chi connectivity index (χ0n) is 6.02. The molecule has 0 spiro atoms. The normalized spacial score (nSPS) is 10.2. The fourth-order valence-corrected chi connectivity index (χ4v) is 0.612. The van der Waals surface area contributed by atoms with Crippen molar-refractivity contribution >= 4 is 35.8 Å². The van der Waals surface area contributed by atoms with E-state index in [-0.39, 0.29) is 0 Å². The van der Waals surface area contributed by atoms with Crippen LogP contribution in [0.5, 0.6) is 0 Å². The van der Waals surface area contributed by atoms with Crippen molar-refractivity contribution in [3.8, 4) is 0 Å². The average Bonchev–Trinajstić information content (AvgIpc) is 1.63. The Morgan fingerprint density at radius 1 is 1.50 bits per heavy atom. The summed E-state index contributed by atoms with van der Waals surface area (Å²) in [6, 6.07) is 0. The third-order valence-corrected chi connectivity index (χ3v) is 0.816. The fourth-order valence-electron chi connectivity index (χ4n) is 0.204. The topological polar surface area (TPSA) is 87.0 Å². The van der Waals surface area contributed by atoms with Gasteiger partial charge < -0.3 is 14.7 Å². The van der Waals surface area contributed by atoms with Crippen LogP contribution in [0.4, 0.5) is 0 Å². The van der Waals surface area contributed by atoms with Crippen LogP contribution in [0.15, 0.2) is 0 Å². The summed E-state index contributed by atoms with van der Waals surface area (Å²) in [5, 5.41) is 0. The molecule has 0 aromatic carbocycles. The van der Waals surface area contributed by atoms with Crippen molar-refractivity contribution in [3.05, 3.63) is 0 Å². The molecule has 0 fully saturated rings. The quantitative estimate of drug-likeness (QED) is 0.386. The molecular weight excluding hydrogens is 170 g/mol. The van der Waals surface area contributed by atoms with Crippen LogP contribution in [0.3, 0.4) is 0 Å². The standard InChI is InChI=1S/C3H7O.Na.H3O4P/c1-3-4-2;;1-5(2,3)4/h1,3H2,2H3;;(H3,1,2,3,4). The van der Waals surface area contributed by atoms with Gasteiger partial charge in [-0.2, -0.15) is 0 Å². The summed E-state index contributed by atoms with van der Waals surface area (Å²) < 4.78 is 14.9. The van der Waals surface area contributed by atoms with Crippen molar-refractivity contribution in [3.63, 3.8) is 0 Å². The van der Waals surface area contributed by atoms with E-state index in [1.54, 1.807) is 7.11 Å². The van der Waals surface area contributed by atoms with Crippen LogP contribution in [0, 0.1) is 0 Å². The van der Waals surface area contributed by atoms with E-state index in [0.29, 0.717) is 0 Å². The molecule has 0 aliphatic carbocycles. The molecule has 0 aliphatic heterocycles. The van der Waals surface area contributed by atoms with Gasteiger partial charge in [0.05, 0.1) is 0 Å². The summed E-state index contributed by atoms with van der Waals surface area (Å²) in [5.74, 6) is 0. The van der Waals surface area contributed by atoms with Crippen molar-refractivity contribution in [1.29, 1.82) is 0 Å². The van der Waals surface area contributed by atoms with E-state index in [1.807, 2.05) is 0 Å². The van der Waals surface area contributed by atoms with E-state index < -0.39 is 7.82 Å². The first-order chi connectivity index (χ1) is 4.41. The minimum atomic E-state index is -4.64. The molecule has 10 heavy (non-hydrogen) atoms. The van der Waals surface area contributed by atoms with Crippen LogP contribution in [-0.2, 0) is 9.30 Å². The van der Waals surface area contributed by atoms with E-state index in [9.17, 15) is 0 Å². The van der Waals surface area contributed by atoms with Crippen molar-refractivity contribution in [2.75, 3.05) is 13.7 Å². The Morgan fingerprint density at radius 3 is 1.80 bits per heavy atom. The van der Waals surface area contributed by atoms with Gasteiger partial charge in [-0.1, -0.05) is 0 Å². The molecule has 0 aliphatic rings. The molecule has 0 rings (SSSR count). The van der Waals surface area contributed by atoms with Crippen molar-refractivity contribution in [2.24, 2.45) is 0 Å². The van der Waals surface area contributed by atoms with Crippen molar-refractivity contribution in [2.45, 2.75) is 3.67 Å². The molecule has 0 aromatic rings. The van der Waals surface area contributed by atoms with E-state index in [4.69, 9.17) is 24.0 Å². The van der Waals surface area contributed by atoms with Gasteiger partial charge in [0.15, 0.2) is 0 Å². The van der Waals surface area contributed by atoms with Gasteiger partial charge >= 0.3 is 57.9 Å². The Bertz CT molecular complexity index is 90.8. The maximum absolute atomic E-state index is 8.88. The van der Waals surface area contributed by atoms with Crippen molar-refractivity contribution < 1.29 is 24.0 Å². The van der Waals surface area contributed by atoms with Gasteiger partial charge in [-0.3, -0.25) is 0 Å². The Morgan fingerprint density at radius 2 is 1.80 bits per heavy atom. The first kappa shape index (κ1) is 13.6. The predicted octanol–water partition coefficient (Wildman–Crippen LogP) is -0.709. The minimum Gasteiger partial charge on any atom is -0.303 e. The number of ether oxygens (including phenoxy) is 1. The van der Waals surface area contributed by atoms with Gasteiger partial charge in [-0.15, -0.1) is 0 Å². The maximum atomic E-state index is 8.88. The Labute approximate surface area is 77.1 Å². The van der Waals surface area contributed by atoms with Crippen LogP contribution in [-0.4, -0.2) is 56.3 Å². The second-order valence-corrected chi connectivity index (χ2v) is 3.53. The molecule has 3 N–H and O–H groups in total. The summed E-state index contributed by atoms with van der Waals surface area (Å²) in [6.07, 6.45) is 0. The number of phosphoric acid groups is 1.